The van der Waals surface area contributed by atoms with Gasteiger partial charge in [-0.1, -0.05) is 13.8 Å². The van der Waals surface area contributed by atoms with Crippen molar-refractivity contribution < 1.29 is 9.47 Å². The summed E-state index contributed by atoms with van der Waals surface area (Å²) >= 11 is 0. The first-order valence-electron chi connectivity index (χ1n) is 6.20. The molecule has 0 bridgehead atoms. The van der Waals surface area contributed by atoms with Crippen molar-refractivity contribution in [3.05, 3.63) is 0 Å². The minimum absolute atomic E-state index is 0.736. The van der Waals surface area contributed by atoms with E-state index in [1.807, 2.05) is 0 Å². The van der Waals surface area contributed by atoms with Crippen molar-refractivity contribution in [3.8, 4) is 0 Å². The monoisotopic (exact) mass is 215 g/mol. The normalized spacial score (nSPS) is 20.4. The van der Waals surface area contributed by atoms with Gasteiger partial charge in [0.1, 0.15) is 0 Å². The molecule has 1 heterocycles. The molecule has 1 atom stereocenters. The van der Waals surface area contributed by atoms with E-state index in [0.29, 0.717) is 0 Å². The quantitative estimate of drug-likeness (QED) is 0.604. The van der Waals surface area contributed by atoms with Crippen LogP contribution in [0.1, 0.15) is 26.7 Å². The molecule has 0 aromatic heterocycles. The molecule has 1 fully saturated rings. The maximum atomic E-state index is 5.50. The topological polar surface area (TPSA) is 21.7 Å². The van der Waals surface area contributed by atoms with Gasteiger partial charge in [0.05, 0.1) is 13.2 Å². The van der Waals surface area contributed by atoms with Gasteiger partial charge in [0, 0.05) is 32.8 Å². The Hall–Kier alpha value is -0.120. The molecule has 1 unspecified atom stereocenters. The maximum Gasteiger partial charge on any atom is 0.0594 e. The highest BCUT2D eigenvalue weighted by Crippen LogP contribution is 2.07. The van der Waals surface area contributed by atoms with Gasteiger partial charge in [0.15, 0.2) is 0 Å². The summed E-state index contributed by atoms with van der Waals surface area (Å²) in [5.41, 5.74) is 0. The van der Waals surface area contributed by atoms with E-state index in [-0.39, 0.29) is 0 Å². The summed E-state index contributed by atoms with van der Waals surface area (Å²) in [5, 5.41) is 0. The molecule has 1 aliphatic heterocycles. The third-order valence-electron chi connectivity index (χ3n) is 2.78. The van der Waals surface area contributed by atoms with Gasteiger partial charge >= 0.3 is 0 Å². The molecular formula is C12H25NO2. The lowest BCUT2D eigenvalue weighted by atomic mass is 10.1. The molecule has 90 valence electrons. The first kappa shape index (κ1) is 12.9. The van der Waals surface area contributed by atoms with Crippen LogP contribution in [0.25, 0.3) is 0 Å². The fourth-order valence-electron chi connectivity index (χ4n) is 1.85. The molecule has 0 saturated carbocycles. The molecule has 1 rings (SSSR count). The Kier molecular flexibility index (Phi) is 6.98. The Morgan fingerprint density at radius 1 is 1.27 bits per heavy atom. The fraction of sp³-hybridized carbons (Fsp3) is 1.00. The van der Waals surface area contributed by atoms with Crippen LogP contribution in [0, 0.1) is 5.92 Å². The average molecular weight is 215 g/mol. The number of hydrogen-bond donors (Lipinski definition) is 0. The molecule has 15 heavy (non-hydrogen) atoms. The molecule has 0 N–H and O–H groups in total. The van der Waals surface area contributed by atoms with E-state index in [1.165, 1.54) is 13.0 Å². The minimum atomic E-state index is 0.736. The van der Waals surface area contributed by atoms with Gasteiger partial charge in [-0.05, 0) is 18.8 Å². The molecule has 0 aromatic rings. The Labute approximate surface area is 93.7 Å². The number of ether oxygens (including phenoxy) is 2. The number of morpholine rings is 1. The molecule has 1 saturated heterocycles. The third kappa shape index (κ3) is 6.13. The van der Waals surface area contributed by atoms with Crippen LogP contribution in [0.3, 0.4) is 0 Å². The third-order valence-corrected chi connectivity index (χ3v) is 2.78. The highest BCUT2D eigenvalue weighted by molar-refractivity contribution is 4.65. The molecule has 0 aliphatic carbocycles. The fourth-order valence-corrected chi connectivity index (χ4v) is 1.85. The van der Waals surface area contributed by atoms with Crippen molar-refractivity contribution >= 4 is 0 Å². The van der Waals surface area contributed by atoms with Gasteiger partial charge in [-0.15, -0.1) is 0 Å². The van der Waals surface area contributed by atoms with Crippen LogP contribution >= 0.6 is 0 Å². The smallest absolute Gasteiger partial charge is 0.0594 e. The number of rotatable bonds is 7. The largest absolute Gasteiger partial charge is 0.381 e. The van der Waals surface area contributed by atoms with Crippen LogP contribution in [0.5, 0.6) is 0 Å². The molecule has 0 spiro atoms. The summed E-state index contributed by atoms with van der Waals surface area (Å²) in [6, 6.07) is 0. The van der Waals surface area contributed by atoms with Crippen LogP contribution < -0.4 is 0 Å². The Morgan fingerprint density at radius 3 is 2.67 bits per heavy atom. The van der Waals surface area contributed by atoms with Crippen LogP contribution in [-0.4, -0.2) is 51.0 Å². The standard InChI is InChI=1S/C12H25NO2/c1-3-7-14-8-4-12(2)11-13-5-9-15-10-6-13/h12H,3-11H2,1-2H3. The second-order valence-electron chi connectivity index (χ2n) is 4.42. The van der Waals surface area contributed by atoms with E-state index < -0.39 is 0 Å². The second kappa shape index (κ2) is 8.08. The van der Waals surface area contributed by atoms with E-state index >= 15 is 0 Å². The first-order valence-corrected chi connectivity index (χ1v) is 6.20. The van der Waals surface area contributed by atoms with Gasteiger partial charge in [-0.3, -0.25) is 4.90 Å². The maximum absolute atomic E-state index is 5.50. The van der Waals surface area contributed by atoms with Gasteiger partial charge < -0.3 is 9.47 Å². The van der Waals surface area contributed by atoms with Gasteiger partial charge in [0.25, 0.3) is 0 Å². The highest BCUT2D eigenvalue weighted by Gasteiger charge is 2.13. The van der Waals surface area contributed by atoms with Crippen LogP contribution in [0.15, 0.2) is 0 Å². The van der Waals surface area contributed by atoms with Crippen molar-refractivity contribution in [1.29, 1.82) is 0 Å². The van der Waals surface area contributed by atoms with Crippen molar-refractivity contribution in [2.75, 3.05) is 46.1 Å². The lowest BCUT2D eigenvalue weighted by Crippen LogP contribution is -2.39. The summed E-state index contributed by atoms with van der Waals surface area (Å²) in [7, 11) is 0. The molecule has 3 heteroatoms. The molecule has 1 aliphatic rings. The first-order chi connectivity index (χ1) is 7.33. The van der Waals surface area contributed by atoms with E-state index in [2.05, 4.69) is 18.7 Å². The lowest BCUT2D eigenvalue weighted by Gasteiger charge is -2.29. The Bertz CT molecular complexity index is 147. The van der Waals surface area contributed by atoms with Gasteiger partial charge in [-0.2, -0.15) is 0 Å². The average Bonchev–Trinajstić information content (AvgIpc) is 2.26. The molecule has 0 aromatic carbocycles. The SMILES string of the molecule is CCCOCCC(C)CN1CCOCC1. The summed E-state index contributed by atoms with van der Waals surface area (Å²) in [4.78, 5) is 2.49. The Balaban J connectivity index is 1.98. The van der Waals surface area contributed by atoms with Crippen LogP contribution in [0.2, 0.25) is 0 Å². The zero-order valence-electron chi connectivity index (χ0n) is 10.2. The minimum Gasteiger partial charge on any atom is -0.381 e. The summed E-state index contributed by atoms with van der Waals surface area (Å²) in [6.07, 6.45) is 2.30. The van der Waals surface area contributed by atoms with Crippen molar-refractivity contribution in [2.45, 2.75) is 26.7 Å². The lowest BCUT2D eigenvalue weighted by molar-refractivity contribution is 0.0284. The van der Waals surface area contributed by atoms with Crippen LogP contribution in [-0.2, 0) is 9.47 Å². The van der Waals surface area contributed by atoms with Crippen molar-refractivity contribution in [2.24, 2.45) is 5.92 Å². The number of nitrogens with zero attached hydrogens (tertiary/aromatic N) is 1. The predicted molar refractivity (Wildman–Crippen MR) is 62.2 cm³/mol. The van der Waals surface area contributed by atoms with Gasteiger partial charge in [-0.25, -0.2) is 0 Å². The molecule has 3 nitrogen and oxygen atoms in total. The van der Waals surface area contributed by atoms with E-state index in [0.717, 1.165) is 51.9 Å². The number of hydrogen-bond acceptors (Lipinski definition) is 3. The summed E-state index contributed by atoms with van der Waals surface area (Å²) < 4.78 is 10.8. The zero-order valence-corrected chi connectivity index (χ0v) is 10.2. The predicted octanol–water partition coefficient (Wildman–Crippen LogP) is 1.77. The van der Waals surface area contributed by atoms with Gasteiger partial charge in [0.2, 0.25) is 0 Å². The highest BCUT2D eigenvalue weighted by atomic mass is 16.5. The summed E-state index contributed by atoms with van der Waals surface area (Å²) in [5.74, 6) is 0.736. The van der Waals surface area contributed by atoms with E-state index in [9.17, 15) is 0 Å². The van der Waals surface area contributed by atoms with Crippen molar-refractivity contribution in [3.63, 3.8) is 0 Å². The van der Waals surface area contributed by atoms with E-state index in [1.54, 1.807) is 0 Å². The molecule has 0 radical (unpaired) electrons. The van der Waals surface area contributed by atoms with Crippen LogP contribution in [0.4, 0.5) is 0 Å². The Morgan fingerprint density at radius 2 is 2.00 bits per heavy atom. The second-order valence-corrected chi connectivity index (χ2v) is 4.42. The molecular weight excluding hydrogens is 190 g/mol. The van der Waals surface area contributed by atoms with E-state index in [4.69, 9.17) is 9.47 Å². The summed E-state index contributed by atoms with van der Waals surface area (Å²) in [6.45, 7) is 11.5. The van der Waals surface area contributed by atoms with Crippen molar-refractivity contribution in [1.82, 2.24) is 4.90 Å². The molecule has 0 amide bonds. The zero-order chi connectivity index (χ0) is 10.9.